The first-order chi connectivity index (χ1) is 14.7. The number of ether oxygens (including phenoxy) is 2. The lowest BCUT2D eigenvalue weighted by Gasteiger charge is -2.12. The van der Waals surface area contributed by atoms with Crippen LogP contribution in [0.5, 0.6) is 5.75 Å². The molecule has 0 aliphatic rings. The summed E-state index contributed by atoms with van der Waals surface area (Å²) in [6.45, 7) is 1.85. The Morgan fingerprint density at radius 1 is 0.867 bits per heavy atom. The Bertz CT molecular complexity index is 930. The van der Waals surface area contributed by atoms with Crippen LogP contribution in [0.15, 0.2) is 78.9 Å². The van der Waals surface area contributed by atoms with Crippen LogP contribution in [-0.2, 0) is 29.3 Å². The summed E-state index contributed by atoms with van der Waals surface area (Å²) in [6, 6.07) is 23.9. The number of carbonyl (C=O) groups is 1. The Labute approximate surface area is 176 Å². The summed E-state index contributed by atoms with van der Waals surface area (Å²) < 4.78 is 24.4. The average Bonchev–Trinajstić information content (AvgIpc) is 2.77. The Morgan fingerprint density at radius 3 is 2.43 bits per heavy atom. The highest BCUT2D eigenvalue weighted by Crippen LogP contribution is 2.13. The molecular formula is C25H26FNO3. The molecular weight excluding hydrogens is 381 g/mol. The van der Waals surface area contributed by atoms with Crippen LogP contribution in [-0.4, -0.2) is 12.5 Å². The zero-order chi connectivity index (χ0) is 21.0. The quantitative estimate of drug-likeness (QED) is 0.454. The second kappa shape index (κ2) is 11.7. The van der Waals surface area contributed by atoms with E-state index >= 15 is 0 Å². The number of hydrogen-bond donors (Lipinski definition) is 1. The summed E-state index contributed by atoms with van der Waals surface area (Å²) in [7, 11) is 0. The topological polar surface area (TPSA) is 47.6 Å². The van der Waals surface area contributed by atoms with E-state index in [0.29, 0.717) is 45.0 Å². The average molecular weight is 407 g/mol. The van der Waals surface area contributed by atoms with Crippen LogP contribution < -0.4 is 10.1 Å². The minimum absolute atomic E-state index is 0.0437. The molecule has 0 aromatic heterocycles. The monoisotopic (exact) mass is 407 g/mol. The normalized spacial score (nSPS) is 10.6. The van der Waals surface area contributed by atoms with Gasteiger partial charge in [0.1, 0.15) is 11.6 Å². The van der Waals surface area contributed by atoms with Crippen molar-refractivity contribution >= 4 is 5.91 Å². The van der Waals surface area contributed by atoms with Gasteiger partial charge in [0.2, 0.25) is 5.91 Å². The molecule has 0 spiro atoms. The van der Waals surface area contributed by atoms with Crippen molar-refractivity contribution in [1.82, 2.24) is 5.32 Å². The predicted molar refractivity (Wildman–Crippen MR) is 114 cm³/mol. The minimum atomic E-state index is -0.336. The number of benzene rings is 3. The van der Waals surface area contributed by atoms with Crippen LogP contribution in [0.2, 0.25) is 0 Å². The summed E-state index contributed by atoms with van der Waals surface area (Å²) >= 11 is 0. The Kier molecular flexibility index (Phi) is 8.42. The van der Waals surface area contributed by atoms with Gasteiger partial charge in [-0.05, 0) is 35.2 Å². The minimum Gasteiger partial charge on any atom is -0.493 e. The lowest BCUT2D eigenvalue weighted by molar-refractivity contribution is -0.121. The van der Waals surface area contributed by atoms with E-state index < -0.39 is 0 Å². The van der Waals surface area contributed by atoms with Gasteiger partial charge < -0.3 is 14.8 Å². The summed E-state index contributed by atoms with van der Waals surface area (Å²) in [5.74, 6) is 0.0920. The molecule has 3 aromatic carbocycles. The maximum absolute atomic E-state index is 13.1. The predicted octanol–water partition coefficient (Wildman–Crippen LogP) is 5.02. The largest absolute Gasteiger partial charge is 0.493 e. The molecule has 156 valence electrons. The van der Waals surface area contributed by atoms with Gasteiger partial charge in [-0.2, -0.15) is 0 Å². The zero-order valence-corrected chi connectivity index (χ0v) is 16.9. The molecule has 0 aliphatic carbocycles. The van der Waals surface area contributed by atoms with Gasteiger partial charge in [-0.25, -0.2) is 4.39 Å². The van der Waals surface area contributed by atoms with Gasteiger partial charge in [-0.1, -0.05) is 60.7 Å². The maximum atomic E-state index is 13.1. The van der Waals surface area contributed by atoms with Gasteiger partial charge in [-0.3, -0.25) is 4.79 Å². The molecule has 3 rings (SSSR count). The summed E-state index contributed by atoms with van der Waals surface area (Å²) in [4.78, 5) is 12.1. The third-order valence-corrected chi connectivity index (χ3v) is 4.58. The van der Waals surface area contributed by atoms with Crippen molar-refractivity contribution in [1.29, 1.82) is 0 Å². The molecule has 0 heterocycles. The first-order valence-corrected chi connectivity index (χ1v) is 10.0. The molecule has 0 bridgehead atoms. The standard InChI is InChI=1S/C25H26FNO3/c26-23-12-6-13-24(16-23)30-15-7-14-25(28)27-17-21-10-4-5-11-22(21)19-29-18-20-8-2-1-3-9-20/h1-6,8-13,16H,7,14-15,17-19H2,(H,27,28). The van der Waals surface area contributed by atoms with Gasteiger partial charge in [0.25, 0.3) is 0 Å². The number of amides is 1. The van der Waals surface area contributed by atoms with E-state index in [2.05, 4.69) is 5.32 Å². The Balaban J connectivity index is 1.38. The van der Waals surface area contributed by atoms with E-state index in [0.717, 1.165) is 16.7 Å². The molecule has 0 atom stereocenters. The molecule has 0 radical (unpaired) electrons. The number of hydrogen-bond acceptors (Lipinski definition) is 3. The second-order valence-electron chi connectivity index (χ2n) is 6.93. The fraction of sp³-hybridized carbons (Fsp3) is 0.240. The maximum Gasteiger partial charge on any atom is 0.220 e. The van der Waals surface area contributed by atoms with E-state index in [4.69, 9.17) is 9.47 Å². The number of nitrogens with one attached hydrogen (secondary N) is 1. The van der Waals surface area contributed by atoms with Crippen LogP contribution in [0.25, 0.3) is 0 Å². The van der Waals surface area contributed by atoms with Gasteiger partial charge >= 0.3 is 0 Å². The van der Waals surface area contributed by atoms with Gasteiger partial charge in [0.15, 0.2) is 0 Å². The van der Waals surface area contributed by atoms with Crippen molar-refractivity contribution in [2.75, 3.05) is 6.61 Å². The van der Waals surface area contributed by atoms with E-state index in [1.807, 2.05) is 54.6 Å². The summed E-state index contributed by atoms with van der Waals surface area (Å²) in [6.07, 6.45) is 0.909. The molecule has 0 unspecified atom stereocenters. The van der Waals surface area contributed by atoms with Crippen molar-refractivity contribution in [2.24, 2.45) is 0 Å². The number of rotatable bonds is 11. The number of halogens is 1. The smallest absolute Gasteiger partial charge is 0.220 e. The lowest BCUT2D eigenvalue weighted by Crippen LogP contribution is -2.23. The first-order valence-electron chi connectivity index (χ1n) is 10.0. The number of carbonyl (C=O) groups excluding carboxylic acids is 1. The second-order valence-corrected chi connectivity index (χ2v) is 6.93. The molecule has 1 N–H and O–H groups in total. The van der Waals surface area contributed by atoms with Crippen molar-refractivity contribution in [3.63, 3.8) is 0 Å². The van der Waals surface area contributed by atoms with Crippen LogP contribution in [0, 0.1) is 5.82 Å². The van der Waals surface area contributed by atoms with Gasteiger partial charge in [0, 0.05) is 19.0 Å². The third kappa shape index (κ3) is 7.33. The molecule has 4 nitrogen and oxygen atoms in total. The molecule has 5 heteroatoms. The van der Waals surface area contributed by atoms with Crippen molar-refractivity contribution in [3.05, 3.63) is 101 Å². The van der Waals surface area contributed by atoms with Crippen molar-refractivity contribution in [2.45, 2.75) is 32.6 Å². The molecule has 0 fully saturated rings. The summed E-state index contributed by atoms with van der Waals surface area (Å²) in [5.41, 5.74) is 3.22. The highest BCUT2D eigenvalue weighted by atomic mass is 19.1. The fourth-order valence-electron chi connectivity index (χ4n) is 2.99. The molecule has 3 aromatic rings. The fourth-order valence-corrected chi connectivity index (χ4v) is 2.99. The SMILES string of the molecule is O=C(CCCOc1cccc(F)c1)NCc1ccccc1COCc1ccccc1. The lowest BCUT2D eigenvalue weighted by atomic mass is 10.1. The van der Waals surface area contributed by atoms with Crippen molar-refractivity contribution in [3.8, 4) is 5.75 Å². The Morgan fingerprint density at radius 2 is 1.63 bits per heavy atom. The van der Waals surface area contributed by atoms with E-state index in [1.165, 1.54) is 12.1 Å². The van der Waals surface area contributed by atoms with E-state index in [-0.39, 0.29) is 11.7 Å². The van der Waals surface area contributed by atoms with Crippen molar-refractivity contribution < 1.29 is 18.7 Å². The van der Waals surface area contributed by atoms with Crippen LogP contribution in [0.3, 0.4) is 0 Å². The highest BCUT2D eigenvalue weighted by molar-refractivity contribution is 5.75. The van der Waals surface area contributed by atoms with E-state index in [9.17, 15) is 9.18 Å². The van der Waals surface area contributed by atoms with E-state index in [1.54, 1.807) is 12.1 Å². The first kappa shape index (κ1) is 21.5. The van der Waals surface area contributed by atoms with Crippen LogP contribution in [0.1, 0.15) is 29.5 Å². The molecule has 0 saturated heterocycles. The van der Waals surface area contributed by atoms with Crippen LogP contribution >= 0.6 is 0 Å². The Hall–Kier alpha value is -3.18. The van der Waals surface area contributed by atoms with Gasteiger partial charge in [0.05, 0.1) is 19.8 Å². The highest BCUT2D eigenvalue weighted by Gasteiger charge is 2.06. The molecule has 30 heavy (non-hydrogen) atoms. The third-order valence-electron chi connectivity index (χ3n) is 4.58. The molecule has 0 aliphatic heterocycles. The molecule has 0 saturated carbocycles. The molecule has 1 amide bonds. The summed E-state index contributed by atoms with van der Waals surface area (Å²) in [5, 5.41) is 2.95. The van der Waals surface area contributed by atoms with Gasteiger partial charge in [-0.15, -0.1) is 0 Å². The zero-order valence-electron chi connectivity index (χ0n) is 16.9. The van der Waals surface area contributed by atoms with Crippen LogP contribution in [0.4, 0.5) is 4.39 Å².